The smallest absolute Gasteiger partial charge is 0.199 e. The number of H-pyrrole nitrogens is 1. The van der Waals surface area contributed by atoms with Crippen LogP contribution in [0.15, 0.2) is 12.4 Å². The van der Waals surface area contributed by atoms with Gasteiger partial charge in [-0.1, -0.05) is 13.8 Å². The second kappa shape index (κ2) is 3.34. The zero-order valence-corrected chi connectivity index (χ0v) is 8.23. The SMILES string of the molecule is CC(C)C(N)c1[nH]nc2nccnc12. The van der Waals surface area contributed by atoms with E-state index in [1.54, 1.807) is 12.4 Å². The maximum atomic E-state index is 6.01. The standard InChI is InChI=1S/C9H13N5/c1-5(2)6(10)7-8-9(14-13-7)12-4-3-11-8/h3-6H,10H2,1-2H3,(H,12,13,14). The summed E-state index contributed by atoms with van der Waals surface area (Å²) in [4.78, 5) is 8.29. The number of hydrogen-bond donors (Lipinski definition) is 2. The van der Waals surface area contributed by atoms with Crippen LogP contribution in [0, 0.1) is 5.92 Å². The quantitative estimate of drug-likeness (QED) is 0.742. The molecule has 2 aromatic heterocycles. The molecule has 14 heavy (non-hydrogen) atoms. The third kappa shape index (κ3) is 1.35. The molecule has 0 bridgehead atoms. The molecule has 2 rings (SSSR count). The molecule has 0 radical (unpaired) electrons. The van der Waals surface area contributed by atoms with E-state index >= 15 is 0 Å². The Kier molecular flexibility index (Phi) is 2.17. The third-order valence-electron chi connectivity index (χ3n) is 2.27. The fourth-order valence-electron chi connectivity index (χ4n) is 1.33. The number of rotatable bonds is 2. The van der Waals surface area contributed by atoms with Gasteiger partial charge in [0.15, 0.2) is 5.65 Å². The molecule has 0 saturated carbocycles. The highest BCUT2D eigenvalue weighted by molar-refractivity contribution is 5.72. The van der Waals surface area contributed by atoms with Crippen molar-refractivity contribution in [3.63, 3.8) is 0 Å². The van der Waals surface area contributed by atoms with Gasteiger partial charge in [0.25, 0.3) is 0 Å². The minimum Gasteiger partial charge on any atom is -0.322 e. The Hall–Kier alpha value is -1.49. The molecule has 0 saturated heterocycles. The highest BCUT2D eigenvalue weighted by atomic mass is 15.2. The van der Waals surface area contributed by atoms with E-state index in [0.717, 1.165) is 11.2 Å². The number of hydrogen-bond acceptors (Lipinski definition) is 4. The predicted molar refractivity (Wildman–Crippen MR) is 53.5 cm³/mol. The molecule has 0 aromatic carbocycles. The Morgan fingerprint density at radius 1 is 1.29 bits per heavy atom. The lowest BCUT2D eigenvalue weighted by Crippen LogP contribution is -2.17. The maximum Gasteiger partial charge on any atom is 0.199 e. The van der Waals surface area contributed by atoms with Gasteiger partial charge in [0.1, 0.15) is 5.52 Å². The number of nitrogens with zero attached hydrogens (tertiary/aromatic N) is 3. The summed E-state index contributed by atoms with van der Waals surface area (Å²) in [6.45, 7) is 4.13. The lowest BCUT2D eigenvalue weighted by atomic mass is 10.0. The topological polar surface area (TPSA) is 80.5 Å². The largest absolute Gasteiger partial charge is 0.322 e. The molecular weight excluding hydrogens is 178 g/mol. The average molecular weight is 191 g/mol. The normalized spacial score (nSPS) is 13.7. The summed E-state index contributed by atoms with van der Waals surface area (Å²) in [6.07, 6.45) is 3.27. The van der Waals surface area contributed by atoms with E-state index in [9.17, 15) is 0 Å². The predicted octanol–water partition coefficient (Wildman–Crippen LogP) is 1.01. The second-order valence-electron chi connectivity index (χ2n) is 3.64. The summed E-state index contributed by atoms with van der Waals surface area (Å²) in [6, 6.07) is -0.0725. The van der Waals surface area contributed by atoms with E-state index in [1.165, 1.54) is 0 Å². The summed E-state index contributed by atoms with van der Waals surface area (Å²) < 4.78 is 0. The lowest BCUT2D eigenvalue weighted by molar-refractivity contribution is 0.504. The van der Waals surface area contributed by atoms with Gasteiger partial charge >= 0.3 is 0 Å². The van der Waals surface area contributed by atoms with Gasteiger partial charge in [0.2, 0.25) is 0 Å². The Morgan fingerprint density at radius 3 is 2.71 bits per heavy atom. The van der Waals surface area contributed by atoms with Gasteiger partial charge < -0.3 is 5.73 Å². The monoisotopic (exact) mass is 191 g/mol. The average Bonchev–Trinajstić information content (AvgIpc) is 2.60. The molecule has 0 amide bonds. The van der Waals surface area contributed by atoms with Crippen LogP contribution in [-0.4, -0.2) is 20.2 Å². The van der Waals surface area contributed by atoms with Crippen LogP contribution in [0.2, 0.25) is 0 Å². The van der Waals surface area contributed by atoms with Crippen LogP contribution in [0.1, 0.15) is 25.6 Å². The van der Waals surface area contributed by atoms with Gasteiger partial charge in [-0.2, -0.15) is 5.10 Å². The van der Waals surface area contributed by atoms with Gasteiger partial charge in [0, 0.05) is 12.4 Å². The summed E-state index contributed by atoms with van der Waals surface area (Å²) in [5.74, 6) is 0.348. The van der Waals surface area contributed by atoms with Gasteiger partial charge in [-0.25, -0.2) is 9.97 Å². The van der Waals surface area contributed by atoms with Crippen molar-refractivity contribution < 1.29 is 0 Å². The van der Waals surface area contributed by atoms with Crippen LogP contribution in [0.4, 0.5) is 0 Å². The molecule has 0 aliphatic rings. The fourth-order valence-corrected chi connectivity index (χ4v) is 1.33. The zero-order chi connectivity index (χ0) is 10.1. The van der Waals surface area contributed by atoms with Crippen LogP contribution in [0.25, 0.3) is 11.2 Å². The van der Waals surface area contributed by atoms with E-state index < -0.39 is 0 Å². The number of aromatic nitrogens is 4. The second-order valence-corrected chi connectivity index (χ2v) is 3.64. The molecule has 74 valence electrons. The Balaban J connectivity index is 2.53. The Bertz CT molecular complexity index is 433. The van der Waals surface area contributed by atoms with E-state index in [2.05, 4.69) is 34.0 Å². The van der Waals surface area contributed by atoms with Crippen molar-refractivity contribution in [3.8, 4) is 0 Å². The minimum absolute atomic E-state index is 0.0725. The highest BCUT2D eigenvalue weighted by Gasteiger charge is 2.17. The molecule has 0 aliphatic carbocycles. The van der Waals surface area contributed by atoms with Gasteiger partial charge in [0.05, 0.1) is 11.7 Å². The molecule has 2 heterocycles. The summed E-state index contributed by atoms with van der Waals surface area (Å²) in [5, 5.41) is 6.94. The van der Waals surface area contributed by atoms with E-state index in [4.69, 9.17) is 5.73 Å². The Labute approximate surface area is 81.7 Å². The van der Waals surface area contributed by atoms with Crippen LogP contribution in [-0.2, 0) is 0 Å². The molecule has 2 aromatic rings. The van der Waals surface area contributed by atoms with Gasteiger partial charge in [-0.05, 0) is 5.92 Å². The molecule has 0 spiro atoms. The zero-order valence-electron chi connectivity index (χ0n) is 8.23. The molecule has 3 N–H and O–H groups in total. The first-order valence-electron chi connectivity index (χ1n) is 4.60. The molecule has 1 atom stereocenters. The first-order valence-corrected chi connectivity index (χ1v) is 4.60. The van der Waals surface area contributed by atoms with Crippen molar-refractivity contribution in [2.75, 3.05) is 0 Å². The fraction of sp³-hybridized carbons (Fsp3) is 0.444. The number of nitrogens with one attached hydrogen (secondary N) is 1. The van der Waals surface area contributed by atoms with Crippen molar-refractivity contribution in [2.45, 2.75) is 19.9 Å². The molecule has 0 fully saturated rings. The van der Waals surface area contributed by atoms with Crippen LogP contribution >= 0.6 is 0 Å². The first-order chi connectivity index (χ1) is 6.70. The maximum absolute atomic E-state index is 6.01. The van der Waals surface area contributed by atoms with E-state index in [0.29, 0.717) is 11.6 Å². The van der Waals surface area contributed by atoms with Crippen LogP contribution in [0.3, 0.4) is 0 Å². The summed E-state index contributed by atoms with van der Waals surface area (Å²) in [5.41, 5.74) is 8.27. The number of fused-ring (bicyclic) bond motifs is 1. The molecular formula is C9H13N5. The Morgan fingerprint density at radius 2 is 2.00 bits per heavy atom. The van der Waals surface area contributed by atoms with Gasteiger partial charge in [-0.3, -0.25) is 5.10 Å². The number of aromatic amines is 1. The van der Waals surface area contributed by atoms with Crippen molar-refractivity contribution in [2.24, 2.45) is 11.7 Å². The molecule has 0 aliphatic heterocycles. The van der Waals surface area contributed by atoms with Crippen molar-refractivity contribution >= 4 is 11.2 Å². The molecule has 1 unspecified atom stereocenters. The molecule has 5 nitrogen and oxygen atoms in total. The van der Waals surface area contributed by atoms with Crippen LogP contribution in [0.5, 0.6) is 0 Å². The lowest BCUT2D eigenvalue weighted by Gasteiger charge is -2.12. The first kappa shape index (κ1) is 9.08. The summed E-state index contributed by atoms with van der Waals surface area (Å²) in [7, 11) is 0. The molecule has 5 heteroatoms. The number of nitrogens with two attached hydrogens (primary N) is 1. The van der Waals surface area contributed by atoms with Crippen molar-refractivity contribution in [3.05, 3.63) is 18.1 Å². The van der Waals surface area contributed by atoms with Crippen LogP contribution < -0.4 is 5.73 Å². The summed E-state index contributed by atoms with van der Waals surface area (Å²) >= 11 is 0. The van der Waals surface area contributed by atoms with E-state index in [1.807, 2.05) is 0 Å². The highest BCUT2D eigenvalue weighted by Crippen LogP contribution is 2.21. The minimum atomic E-state index is -0.0725. The van der Waals surface area contributed by atoms with Crippen molar-refractivity contribution in [1.29, 1.82) is 0 Å². The van der Waals surface area contributed by atoms with Crippen molar-refractivity contribution in [1.82, 2.24) is 20.2 Å². The van der Waals surface area contributed by atoms with Gasteiger partial charge in [-0.15, -0.1) is 0 Å². The van der Waals surface area contributed by atoms with E-state index in [-0.39, 0.29) is 6.04 Å². The third-order valence-corrected chi connectivity index (χ3v) is 2.27.